The third kappa shape index (κ3) is 5.34. The number of ether oxygens (including phenoxy) is 2. The monoisotopic (exact) mass is 450 g/mol. The van der Waals surface area contributed by atoms with Crippen LogP contribution in [0.15, 0.2) is 66.7 Å². The standard InChI is InChI=1S/C24H22N2O7/c1-16-8-11-19(12-9-16)25(33-15-18-6-4-5-7-20(18)24(28)32-3)23(27)17-10-13-21(26(29)30)22(14-17)31-2/h4-14H,15H2,1-3H3. The van der Waals surface area contributed by atoms with E-state index in [2.05, 4.69) is 0 Å². The van der Waals surface area contributed by atoms with E-state index in [4.69, 9.17) is 14.3 Å². The summed E-state index contributed by atoms with van der Waals surface area (Å²) in [6.45, 7) is 1.81. The van der Waals surface area contributed by atoms with Crippen LogP contribution in [0, 0.1) is 17.0 Å². The number of methoxy groups -OCH3 is 2. The Bertz CT molecular complexity index is 1180. The molecule has 0 heterocycles. The maximum atomic E-state index is 13.4. The first kappa shape index (κ1) is 23.4. The summed E-state index contributed by atoms with van der Waals surface area (Å²) >= 11 is 0. The fourth-order valence-electron chi connectivity index (χ4n) is 3.10. The third-order valence-electron chi connectivity index (χ3n) is 4.85. The zero-order chi connectivity index (χ0) is 24.0. The second-order valence-electron chi connectivity index (χ2n) is 7.00. The number of hydrogen-bond acceptors (Lipinski definition) is 7. The Morgan fingerprint density at radius 1 is 1.00 bits per heavy atom. The van der Waals surface area contributed by atoms with Gasteiger partial charge in [0, 0.05) is 17.7 Å². The fraction of sp³-hybridized carbons (Fsp3) is 0.167. The summed E-state index contributed by atoms with van der Waals surface area (Å²) in [5.41, 5.74) is 2.13. The van der Waals surface area contributed by atoms with Crippen LogP contribution in [0.4, 0.5) is 11.4 Å². The summed E-state index contributed by atoms with van der Waals surface area (Å²) in [5, 5.41) is 12.3. The summed E-state index contributed by atoms with van der Waals surface area (Å²) in [6, 6.07) is 17.6. The highest BCUT2D eigenvalue weighted by atomic mass is 16.7. The minimum atomic E-state index is -0.592. The zero-order valence-electron chi connectivity index (χ0n) is 18.3. The van der Waals surface area contributed by atoms with Crippen molar-refractivity contribution in [1.82, 2.24) is 0 Å². The van der Waals surface area contributed by atoms with E-state index in [9.17, 15) is 19.7 Å². The van der Waals surface area contributed by atoms with Crippen molar-refractivity contribution in [3.8, 4) is 5.75 Å². The minimum Gasteiger partial charge on any atom is -0.490 e. The van der Waals surface area contributed by atoms with Crippen molar-refractivity contribution in [3.05, 3.63) is 99.1 Å². The Labute approximate surface area is 190 Å². The number of hydroxylamine groups is 1. The maximum Gasteiger partial charge on any atom is 0.338 e. The molecule has 0 radical (unpaired) electrons. The molecule has 9 nitrogen and oxygen atoms in total. The molecule has 0 saturated heterocycles. The summed E-state index contributed by atoms with van der Waals surface area (Å²) < 4.78 is 9.89. The van der Waals surface area contributed by atoms with Gasteiger partial charge in [-0.25, -0.2) is 4.79 Å². The Kier molecular flexibility index (Phi) is 7.37. The Hall–Kier alpha value is -4.24. The quantitative estimate of drug-likeness (QED) is 0.283. The average Bonchev–Trinajstić information content (AvgIpc) is 2.84. The van der Waals surface area contributed by atoms with Crippen molar-refractivity contribution in [3.63, 3.8) is 0 Å². The Morgan fingerprint density at radius 2 is 1.70 bits per heavy atom. The van der Waals surface area contributed by atoms with Crippen molar-refractivity contribution in [2.45, 2.75) is 13.5 Å². The van der Waals surface area contributed by atoms with Crippen LogP contribution in [0.2, 0.25) is 0 Å². The van der Waals surface area contributed by atoms with Crippen LogP contribution < -0.4 is 9.80 Å². The summed E-state index contributed by atoms with van der Waals surface area (Å²) in [4.78, 5) is 41.9. The molecule has 0 saturated carbocycles. The van der Waals surface area contributed by atoms with E-state index >= 15 is 0 Å². The minimum absolute atomic E-state index is 0.0502. The van der Waals surface area contributed by atoms with E-state index in [1.54, 1.807) is 36.4 Å². The Balaban J connectivity index is 1.96. The molecule has 3 aromatic rings. The topological polar surface area (TPSA) is 108 Å². The van der Waals surface area contributed by atoms with Crippen molar-refractivity contribution < 1.29 is 28.8 Å². The van der Waals surface area contributed by atoms with Gasteiger partial charge < -0.3 is 9.47 Å². The lowest BCUT2D eigenvalue weighted by molar-refractivity contribution is -0.385. The number of benzene rings is 3. The maximum absolute atomic E-state index is 13.4. The van der Waals surface area contributed by atoms with Gasteiger partial charge in [-0.1, -0.05) is 35.9 Å². The first-order valence-electron chi connectivity index (χ1n) is 9.88. The van der Waals surface area contributed by atoms with Crippen LogP contribution >= 0.6 is 0 Å². The molecule has 0 aliphatic heterocycles. The van der Waals surface area contributed by atoms with Gasteiger partial charge >= 0.3 is 11.7 Å². The first-order chi connectivity index (χ1) is 15.8. The fourth-order valence-corrected chi connectivity index (χ4v) is 3.10. The molecule has 0 unspecified atom stereocenters. The van der Waals surface area contributed by atoms with Crippen molar-refractivity contribution in [1.29, 1.82) is 0 Å². The van der Waals surface area contributed by atoms with Gasteiger partial charge in [0.15, 0.2) is 5.75 Å². The summed E-state index contributed by atoms with van der Waals surface area (Å²) in [6.07, 6.45) is 0. The number of rotatable bonds is 8. The van der Waals surface area contributed by atoms with Gasteiger partial charge in [0.1, 0.15) is 6.61 Å². The van der Waals surface area contributed by atoms with Gasteiger partial charge in [0.05, 0.1) is 30.4 Å². The molecule has 0 bridgehead atoms. The predicted octanol–water partition coefficient (Wildman–Crippen LogP) is 4.48. The van der Waals surface area contributed by atoms with E-state index in [0.717, 1.165) is 10.6 Å². The molecule has 0 spiro atoms. The molecule has 3 rings (SSSR count). The predicted molar refractivity (Wildman–Crippen MR) is 120 cm³/mol. The third-order valence-corrected chi connectivity index (χ3v) is 4.85. The lowest BCUT2D eigenvalue weighted by Crippen LogP contribution is -2.31. The number of anilines is 1. The highest BCUT2D eigenvalue weighted by Crippen LogP contribution is 2.29. The highest BCUT2D eigenvalue weighted by molar-refractivity contribution is 6.05. The largest absolute Gasteiger partial charge is 0.490 e. The van der Waals surface area contributed by atoms with Crippen LogP contribution in [-0.4, -0.2) is 31.0 Å². The molecular formula is C24H22N2O7. The lowest BCUT2D eigenvalue weighted by atomic mass is 10.1. The molecule has 0 aliphatic carbocycles. The van der Waals surface area contributed by atoms with Gasteiger partial charge in [-0.3, -0.25) is 19.7 Å². The molecule has 0 aliphatic rings. The normalized spacial score (nSPS) is 10.4. The molecular weight excluding hydrogens is 428 g/mol. The molecule has 0 N–H and O–H groups in total. The molecule has 170 valence electrons. The number of nitro benzene ring substituents is 1. The number of hydrogen-bond donors (Lipinski definition) is 0. The van der Waals surface area contributed by atoms with Gasteiger partial charge in [-0.05, 0) is 36.8 Å². The van der Waals surface area contributed by atoms with Crippen LogP contribution in [0.1, 0.15) is 31.8 Å². The van der Waals surface area contributed by atoms with Crippen LogP contribution in [0.25, 0.3) is 0 Å². The number of nitro groups is 1. The van der Waals surface area contributed by atoms with Gasteiger partial charge in [0.2, 0.25) is 0 Å². The van der Waals surface area contributed by atoms with Crippen molar-refractivity contribution in [2.24, 2.45) is 0 Å². The number of carbonyl (C=O) groups excluding carboxylic acids is 2. The van der Waals surface area contributed by atoms with Crippen molar-refractivity contribution in [2.75, 3.05) is 19.3 Å². The number of aryl methyl sites for hydroxylation is 1. The first-order valence-corrected chi connectivity index (χ1v) is 9.88. The van der Waals surface area contributed by atoms with Crippen LogP contribution in [-0.2, 0) is 16.2 Å². The zero-order valence-corrected chi connectivity index (χ0v) is 18.3. The summed E-state index contributed by atoms with van der Waals surface area (Å²) in [7, 11) is 2.57. The molecule has 0 fully saturated rings. The number of amides is 1. The molecule has 33 heavy (non-hydrogen) atoms. The van der Waals surface area contributed by atoms with E-state index in [1.807, 2.05) is 19.1 Å². The van der Waals surface area contributed by atoms with Crippen LogP contribution in [0.5, 0.6) is 5.75 Å². The second-order valence-corrected chi connectivity index (χ2v) is 7.00. The SMILES string of the molecule is COC(=O)c1ccccc1CON(C(=O)c1ccc([N+](=O)[O-])c(OC)c1)c1ccc(C)cc1. The highest BCUT2D eigenvalue weighted by Gasteiger charge is 2.24. The van der Waals surface area contributed by atoms with E-state index in [-0.39, 0.29) is 23.6 Å². The molecule has 9 heteroatoms. The molecule has 0 atom stereocenters. The number of esters is 1. The Morgan fingerprint density at radius 3 is 2.33 bits per heavy atom. The van der Waals surface area contributed by atoms with Gasteiger partial charge in [-0.15, -0.1) is 0 Å². The second kappa shape index (κ2) is 10.4. The van der Waals surface area contributed by atoms with E-state index < -0.39 is 16.8 Å². The number of carbonyl (C=O) groups is 2. The van der Waals surface area contributed by atoms with E-state index in [1.165, 1.54) is 32.4 Å². The number of nitrogens with zero attached hydrogens (tertiary/aromatic N) is 2. The lowest BCUT2D eigenvalue weighted by Gasteiger charge is -2.23. The summed E-state index contributed by atoms with van der Waals surface area (Å²) in [5.74, 6) is -1.14. The molecule has 3 aromatic carbocycles. The average molecular weight is 450 g/mol. The van der Waals surface area contributed by atoms with Gasteiger partial charge in [0.25, 0.3) is 5.91 Å². The van der Waals surface area contributed by atoms with Gasteiger partial charge in [-0.2, -0.15) is 5.06 Å². The van der Waals surface area contributed by atoms with E-state index in [0.29, 0.717) is 16.8 Å². The molecule has 0 aromatic heterocycles. The smallest absolute Gasteiger partial charge is 0.338 e. The molecule has 1 amide bonds. The van der Waals surface area contributed by atoms with Crippen molar-refractivity contribution >= 4 is 23.3 Å². The van der Waals surface area contributed by atoms with Crippen LogP contribution in [0.3, 0.4) is 0 Å².